The van der Waals surface area contributed by atoms with Crippen LogP contribution in [-0.4, -0.2) is 40.0 Å². The van der Waals surface area contributed by atoms with Crippen molar-refractivity contribution >= 4 is 0 Å². The predicted octanol–water partition coefficient (Wildman–Crippen LogP) is 1.43. The molecule has 1 fully saturated rings. The zero-order valence-corrected chi connectivity index (χ0v) is 9.42. The van der Waals surface area contributed by atoms with Gasteiger partial charge in [0.25, 0.3) is 0 Å². The molecule has 0 aromatic rings. The molecule has 1 saturated carbocycles. The zero-order chi connectivity index (χ0) is 10.2. The highest BCUT2D eigenvalue weighted by atomic mass is 16.5. The molecule has 84 valence electrons. The van der Waals surface area contributed by atoms with Crippen LogP contribution in [0.2, 0.25) is 0 Å². The Hall–Kier alpha value is -0.120. The highest BCUT2D eigenvalue weighted by Crippen LogP contribution is 2.28. The molecule has 0 spiro atoms. The zero-order valence-electron chi connectivity index (χ0n) is 9.42. The topological polar surface area (TPSA) is 30.5 Å². The molecule has 3 heteroatoms. The van der Waals surface area contributed by atoms with Crippen LogP contribution in [0.1, 0.15) is 25.7 Å². The summed E-state index contributed by atoms with van der Waals surface area (Å²) in [6.45, 7) is 2.39. The number of hydrogen-bond acceptors (Lipinski definition) is 3. The van der Waals surface area contributed by atoms with Gasteiger partial charge in [-0.2, -0.15) is 0 Å². The van der Waals surface area contributed by atoms with Crippen LogP contribution in [0.5, 0.6) is 0 Å². The van der Waals surface area contributed by atoms with Crippen LogP contribution in [0.4, 0.5) is 0 Å². The first-order chi connectivity index (χ1) is 6.86. The lowest BCUT2D eigenvalue weighted by Gasteiger charge is -2.25. The molecule has 1 rings (SSSR count). The van der Waals surface area contributed by atoms with Crippen molar-refractivity contribution in [2.45, 2.75) is 31.7 Å². The van der Waals surface area contributed by atoms with Crippen molar-refractivity contribution in [1.82, 2.24) is 5.32 Å². The third kappa shape index (κ3) is 4.40. The van der Waals surface area contributed by atoms with Gasteiger partial charge in [-0.1, -0.05) is 19.3 Å². The smallest absolute Gasteiger partial charge is 0.0642 e. The van der Waals surface area contributed by atoms with E-state index >= 15 is 0 Å². The Labute approximate surface area is 87.2 Å². The Morgan fingerprint density at radius 3 is 2.64 bits per heavy atom. The fraction of sp³-hybridized carbons (Fsp3) is 1.00. The van der Waals surface area contributed by atoms with Gasteiger partial charge < -0.3 is 14.8 Å². The minimum absolute atomic E-state index is 0.335. The standard InChI is InChI=1S/C11H23NO2/c1-12-11(8-13-2)9-14-7-6-10-4-3-5-10/h10-12H,3-9H2,1-2H3. The van der Waals surface area contributed by atoms with E-state index < -0.39 is 0 Å². The molecule has 1 atom stereocenters. The number of ether oxygens (including phenoxy) is 2. The van der Waals surface area contributed by atoms with Gasteiger partial charge in [0, 0.05) is 13.7 Å². The minimum atomic E-state index is 0.335. The predicted molar refractivity (Wildman–Crippen MR) is 57.5 cm³/mol. The van der Waals surface area contributed by atoms with Gasteiger partial charge in [-0.05, 0) is 19.4 Å². The summed E-state index contributed by atoms with van der Waals surface area (Å²) in [6, 6.07) is 0.335. The molecule has 1 unspecified atom stereocenters. The normalized spacial score (nSPS) is 19.3. The summed E-state index contributed by atoms with van der Waals surface area (Å²) < 4.78 is 10.7. The van der Waals surface area contributed by atoms with Gasteiger partial charge in [0.2, 0.25) is 0 Å². The van der Waals surface area contributed by atoms with E-state index in [9.17, 15) is 0 Å². The van der Waals surface area contributed by atoms with Gasteiger partial charge in [0.1, 0.15) is 0 Å². The van der Waals surface area contributed by atoms with Crippen LogP contribution in [0, 0.1) is 5.92 Å². The van der Waals surface area contributed by atoms with E-state index in [1.54, 1.807) is 7.11 Å². The van der Waals surface area contributed by atoms with Gasteiger partial charge in [0.05, 0.1) is 19.3 Å². The summed E-state index contributed by atoms with van der Waals surface area (Å²) in [7, 11) is 3.66. The van der Waals surface area contributed by atoms with Gasteiger partial charge in [-0.3, -0.25) is 0 Å². The number of hydrogen-bond donors (Lipinski definition) is 1. The molecule has 0 heterocycles. The molecule has 3 nitrogen and oxygen atoms in total. The molecule has 1 N–H and O–H groups in total. The maximum absolute atomic E-state index is 5.60. The van der Waals surface area contributed by atoms with E-state index in [-0.39, 0.29) is 0 Å². The molecule has 0 aromatic carbocycles. The highest BCUT2D eigenvalue weighted by molar-refractivity contribution is 4.69. The quantitative estimate of drug-likeness (QED) is 0.603. The monoisotopic (exact) mass is 201 g/mol. The molecular weight excluding hydrogens is 178 g/mol. The first-order valence-electron chi connectivity index (χ1n) is 5.60. The van der Waals surface area contributed by atoms with Crippen LogP contribution in [0.3, 0.4) is 0 Å². The van der Waals surface area contributed by atoms with Gasteiger partial charge in [-0.25, -0.2) is 0 Å². The van der Waals surface area contributed by atoms with E-state index in [0.717, 1.165) is 25.7 Å². The highest BCUT2D eigenvalue weighted by Gasteiger charge is 2.16. The Balaban J connectivity index is 1.89. The molecule has 0 amide bonds. The first-order valence-corrected chi connectivity index (χ1v) is 5.60. The molecule has 14 heavy (non-hydrogen) atoms. The van der Waals surface area contributed by atoms with E-state index in [1.807, 2.05) is 7.05 Å². The van der Waals surface area contributed by atoms with E-state index in [0.29, 0.717) is 6.04 Å². The first kappa shape index (κ1) is 12.0. The van der Waals surface area contributed by atoms with Crippen molar-refractivity contribution in [3.8, 4) is 0 Å². The lowest BCUT2D eigenvalue weighted by atomic mass is 9.83. The molecular formula is C11H23NO2. The summed E-state index contributed by atoms with van der Waals surface area (Å²) in [5.41, 5.74) is 0. The van der Waals surface area contributed by atoms with Crippen LogP contribution in [0.15, 0.2) is 0 Å². The lowest BCUT2D eigenvalue weighted by Crippen LogP contribution is -2.34. The van der Waals surface area contributed by atoms with E-state index in [4.69, 9.17) is 9.47 Å². The summed E-state index contributed by atoms with van der Waals surface area (Å²) in [5, 5.41) is 3.17. The molecule has 1 aliphatic rings. The molecule has 1 aliphatic carbocycles. The van der Waals surface area contributed by atoms with Crippen molar-refractivity contribution in [1.29, 1.82) is 0 Å². The minimum Gasteiger partial charge on any atom is -0.383 e. The third-order valence-corrected chi connectivity index (χ3v) is 2.99. The van der Waals surface area contributed by atoms with Crippen molar-refractivity contribution in [3.05, 3.63) is 0 Å². The maximum Gasteiger partial charge on any atom is 0.0642 e. The molecule has 0 radical (unpaired) electrons. The Morgan fingerprint density at radius 2 is 2.14 bits per heavy atom. The molecule has 0 aromatic heterocycles. The summed E-state index contributed by atoms with van der Waals surface area (Å²) >= 11 is 0. The van der Waals surface area contributed by atoms with Crippen LogP contribution in [-0.2, 0) is 9.47 Å². The summed E-state index contributed by atoms with van der Waals surface area (Å²) in [6.07, 6.45) is 5.49. The Bertz CT molecular complexity index is 137. The van der Waals surface area contributed by atoms with Crippen molar-refractivity contribution in [2.75, 3.05) is 34.0 Å². The maximum atomic E-state index is 5.60. The van der Waals surface area contributed by atoms with Crippen LogP contribution in [0.25, 0.3) is 0 Å². The molecule has 0 bridgehead atoms. The Morgan fingerprint density at radius 1 is 1.36 bits per heavy atom. The van der Waals surface area contributed by atoms with Gasteiger partial charge in [0.15, 0.2) is 0 Å². The average Bonchev–Trinajstić information content (AvgIpc) is 2.13. The van der Waals surface area contributed by atoms with Crippen molar-refractivity contribution in [2.24, 2.45) is 5.92 Å². The Kier molecular flexibility index (Phi) is 6.15. The number of rotatable bonds is 8. The van der Waals surface area contributed by atoms with Crippen LogP contribution >= 0.6 is 0 Å². The lowest BCUT2D eigenvalue weighted by molar-refractivity contribution is 0.0639. The fourth-order valence-corrected chi connectivity index (χ4v) is 1.67. The summed E-state index contributed by atoms with van der Waals surface area (Å²) in [4.78, 5) is 0. The number of likely N-dealkylation sites (N-methyl/N-ethyl adjacent to an activating group) is 1. The van der Waals surface area contributed by atoms with Crippen LogP contribution < -0.4 is 5.32 Å². The SMILES string of the molecule is CNC(COC)COCCC1CCC1. The van der Waals surface area contributed by atoms with E-state index in [2.05, 4.69) is 5.32 Å². The number of nitrogens with one attached hydrogen (secondary N) is 1. The second kappa shape index (κ2) is 7.21. The largest absolute Gasteiger partial charge is 0.383 e. The van der Waals surface area contributed by atoms with Gasteiger partial charge in [-0.15, -0.1) is 0 Å². The van der Waals surface area contributed by atoms with E-state index in [1.165, 1.54) is 25.7 Å². The van der Waals surface area contributed by atoms with Gasteiger partial charge >= 0.3 is 0 Å². The second-order valence-corrected chi connectivity index (χ2v) is 4.10. The number of methoxy groups -OCH3 is 1. The third-order valence-electron chi connectivity index (χ3n) is 2.99. The van der Waals surface area contributed by atoms with Crippen molar-refractivity contribution < 1.29 is 9.47 Å². The summed E-state index contributed by atoms with van der Waals surface area (Å²) in [5.74, 6) is 0.950. The molecule has 0 aliphatic heterocycles. The fourth-order valence-electron chi connectivity index (χ4n) is 1.67. The van der Waals surface area contributed by atoms with Crippen molar-refractivity contribution in [3.63, 3.8) is 0 Å². The average molecular weight is 201 g/mol. The second-order valence-electron chi connectivity index (χ2n) is 4.10. The molecule has 0 saturated heterocycles.